The number of rotatable bonds is 5. The maximum absolute atomic E-state index is 11.5. The van der Waals surface area contributed by atoms with Crippen LogP contribution in [0.25, 0.3) is 0 Å². The average Bonchev–Trinajstić information content (AvgIpc) is 2.83. The van der Waals surface area contributed by atoms with Crippen LogP contribution >= 0.6 is 11.3 Å². The number of aromatic nitrogens is 1. The summed E-state index contributed by atoms with van der Waals surface area (Å²) in [5.41, 5.74) is 1.52. The number of nitrogens with one attached hydrogen (secondary N) is 1. The number of para-hydroxylation sites is 2. The molecule has 1 aromatic carbocycles. The summed E-state index contributed by atoms with van der Waals surface area (Å²) in [5.74, 6) is -1.51. The van der Waals surface area contributed by atoms with Crippen molar-refractivity contribution in [3.8, 4) is 0 Å². The number of thiazole rings is 1. The van der Waals surface area contributed by atoms with E-state index in [9.17, 15) is 9.59 Å². The Kier molecular flexibility index (Phi) is 4.23. The molecule has 0 saturated carbocycles. The van der Waals surface area contributed by atoms with Crippen LogP contribution in [-0.2, 0) is 0 Å². The Morgan fingerprint density at radius 1 is 1.29 bits per heavy atom. The fourth-order valence-electron chi connectivity index (χ4n) is 1.84. The smallest absolute Gasteiger partial charge is 0.356 e. The first-order valence-corrected chi connectivity index (χ1v) is 7.00. The number of carbonyl (C=O) groups excluding carboxylic acids is 1. The zero-order chi connectivity index (χ0) is 15.6. The quantitative estimate of drug-likeness (QED) is 0.827. The van der Waals surface area contributed by atoms with E-state index in [0.29, 0.717) is 5.13 Å². The minimum Gasteiger partial charge on any atom is -0.476 e. The van der Waals surface area contributed by atoms with Gasteiger partial charge in [-0.3, -0.25) is 4.79 Å². The number of hydrogen-bond acceptors (Lipinski definition) is 6. The van der Waals surface area contributed by atoms with E-state index in [1.165, 1.54) is 6.92 Å². The molecule has 2 rings (SSSR count). The molecule has 0 aliphatic rings. The van der Waals surface area contributed by atoms with Gasteiger partial charge in [0.1, 0.15) is 4.88 Å². The van der Waals surface area contributed by atoms with Crippen molar-refractivity contribution in [2.45, 2.75) is 6.92 Å². The molecule has 6 nitrogen and oxygen atoms in total. The van der Waals surface area contributed by atoms with Gasteiger partial charge in [-0.15, -0.1) is 0 Å². The number of anilines is 3. The fraction of sp³-hybridized carbons (Fsp3) is 0.214. The molecule has 7 heteroatoms. The Morgan fingerprint density at radius 3 is 2.48 bits per heavy atom. The molecular formula is C14H15N3O3S. The Hall–Kier alpha value is -2.41. The number of carbonyl (C=O) groups is 2. The van der Waals surface area contributed by atoms with Crippen molar-refractivity contribution in [2.24, 2.45) is 0 Å². The van der Waals surface area contributed by atoms with Gasteiger partial charge in [-0.25, -0.2) is 9.78 Å². The van der Waals surface area contributed by atoms with E-state index in [1.807, 2.05) is 43.3 Å². The van der Waals surface area contributed by atoms with Crippen molar-refractivity contribution in [3.05, 3.63) is 34.8 Å². The molecule has 0 unspecified atom stereocenters. The lowest BCUT2D eigenvalue weighted by molar-refractivity contribution is 0.0687. The van der Waals surface area contributed by atoms with Gasteiger partial charge in [0.15, 0.2) is 16.6 Å². The average molecular weight is 305 g/mol. The Bertz CT molecular complexity index is 663. The van der Waals surface area contributed by atoms with Crippen molar-refractivity contribution < 1.29 is 14.7 Å². The first-order chi connectivity index (χ1) is 9.90. The van der Waals surface area contributed by atoms with E-state index in [-0.39, 0.29) is 16.4 Å². The SMILES string of the molecule is CC(=O)c1sc(Nc2ccccc2N(C)C)nc1C(=O)O. The van der Waals surface area contributed by atoms with Gasteiger partial charge in [0.25, 0.3) is 0 Å². The third-order valence-corrected chi connectivity index (χ3v) is 3.85. The number of Topliss-reactive ketones (excluding diaryl/α,β-unsaturated/α-hetero) is 1. The monoisotopic (exact) mass is 305 g/mol. The van der Waals surface area contributed by atoms with Gasteiger partial charge in [0.05, 0.1) is 11.4 Å². The van der Waals surface area contributed by atoms with E-state index in [4.69, 9.17) is 5.11 Å². The Balaban J connectivity index is 2.39. The van der Waals surface area contributed by atoms with Gasteiger partial charge in [-0.1, -0.05) is 23.5 Å². The molecule has 0 aliphatic heterocycles. The minimum atomic E-state index is -1.20. The minimum absolute atomic E-state index is 0.146. The third kappa shape index (κ3) is 3.19. The number of carboxylic acid groups (broad SMARTS) is 1. The van der Waals surface area contributed by atoms with Crippen molar-refractivity contribution in [1.29, 1.82) is 0 Å². The van der Waals surface area contributed by atoms with Crippen LogP contribution < -0.4 is 10.2 Å². The highest BCUT2D eigenvalue weighted by Gasteiger charge is 2.21. The topological polar surface area (TPSA) is 82.5 Å². The molecule has 0 atom stereocenters. The number of benzene rings is 1. The molecule has 0 amide bonds. The Morgan fingerprint density at radius 2 is 1.95 bits per heavy atom. The molecular weight excluding hydrogens is 290 g/mol. The largest absolute Gasteiger partial charge is 0.476 e. The van der Waals surface area contributed by atoms with E-state index < -0.39 is 5.97 Å². The highest BCUT2D eigenvalue weighted by molar-refractivity contribution is 7.17. The lowest BCUT2D eigenvalue weighted by Crippen LogP contribution is -2.10. The molecule has 0 spiro atoms. The maximum Gasteiger partial charge on any atom is 0.356 e. The van der Waals surface area contributed by atoms with Gasteiger partial charge in [0, 0.05) is 21.0 Å². The number of aromatic carboxylic acids is 1. The van der Waals surface area contributed by atoms with Crippen LogP contribution in [0.5, 0.6) is 0 Å². The first kappa shape index (κ1) is 15.0. The van der Waals surface area contributed by atoms with Crippen LogP contribution in [-0.4, -0.2) is 35.9 Å². The molecule has 2 N–H and O–H groups in total. The van der Waals surface area contributed by atoms with Crippen LogP contribution in [0.15, 0.2) is 24.3 Å². The second kappa shape index (κ2) is 5.92. The first-order valence-electron chi connectivity index (χ1n) is 6.18. The number of hydrogen-bond donors (Lipinski definition) is 2. The van der Waals surface area contributed by atoms with E-state index in [0.717, 1.165) is 22.7 Å². The Labute approximate surface area is 126 Å². The van der Waals surface area contributed by atoms with Crippen molar-refractivity contribution in [1.82, 2.24) is 4.98 Å². The van der Waals surface area contributed by atoms with Crippen LogP contribution in [0.1, 0.15) is 27.1 Å². The molecule has 21 heavy (non-hydrogen) atoms. The number of carboxylic acids is 1. The summed E-state index contributed by atoms with van der Waals surface area (Å²) in [4.78, 5) is 28.7. The summed E-state index contributed by atoms with van der Waals surface area (Å²) in [7, 11) is 3.82. The summed E-state index contributed by atoms with van der Waals surface area (Å²) in [5, 5.41) is 12.5. The predicted octanol–water partition coefficient (Wildman–Crippen LogP) is 2.85. The summed E-state index contributed by atoms with van der Waals surface area (Å²) < 4.78 is 0. The molecule has 1 aromatic heterocycles. The van der Waals surface area contributed by atoms with Gasteiger partial charge in [-0.2, -0.15) is 0 Å². The number of nitrogens with zero attached hydrogens (tertiary/aromatic N) is 2. The van der Waals surface area contributed by atoms with E-state index >= 15 is 0 Å². The van der Waals surface area contributed by atoms with Crippen molar-refractivity contribution in [3.63, 3.8) is 0 Å². The molecule has 0 aliphatic carbocycles. The summed E-state index contributed by atoms with van der Waals surface area (Å²) in [6.45, 7) is 1.33. The van der Waals surface area contributed by atoms with E-state index in [1.54, 1.807) is 0 Å². The van der Waals surface area contributed by atoms with Crippen molar-refractivity contribution >= 4 is 39.6 Å². The molecule has 0 fully saturated rings. The molecule has 0 bridgehead atoms. The lowest BCUT2D eigenvalue weighted by Gasteiger charge is -2.17. The standard InChI is InChI=1S/C14H15N3O3S/c1-8(18)12-11(13(19)20)16-14(21-12)15-9-6-4-5-7-10(9)17(2)3/h4-7H,1-3H3,(H,15,16)(H,19,20). The maximum atomic E-state index is 11.5. The molecule has 2 aromatic rings. The zero-order valence-corrected chi connectivity index (χ0v) is 12.7. The van der Waals surface area contributed by atoms with Gasteiger partial charge < -0.3 is 15.3 Å². The van der Waals surface area contributed by atoms with Crippen LogP contribution in [0.3, 0.4) is 0 Å². The van der Waals surface area contributed by atoms with Gasteiger partial charge >= 0.3 is 5.97 Å². The van der Waals surface area contributed by atoms with Gasteiger partial charge in [-0.05, 0) is 12.1 Å². The second-order valence-corrected chi connectivity index (χ2v) is 5.59. The van der Waals surface area contributed by atoms with Crippen LogP contribution in [0.2, 0.25) is 0 Å². The molecule has 0 saturated heterocycles. The van der Waals surface area contributed by atoms with Crippen molar-refractivity contribution in [2.75, 3.05) is 24.3 Å². The summed E-state index contributed by atoms with van der Waals surface area (Å²) >= 11 is 1.04. The summed E-state index contributed by atoms with van der Waals surface area (Å²) in [6, 6.07) is 7.57. The van der Waals surface area contributed by atoms with Crippen LogP contribution in [0.4, 0.5) is 16.5 Å². The third-order valence-electron chi connectivity index (χ3n) is 2.78. The second-order valence-electron chi connectivity index (χ2n) is 4.59. The highest BCUT2D eigenvalue weighted by Crippen LogP contribution is 2.31. The van der Waals surface area contributed by atoms with Crippen LogP contribution in [0, 0.1) is 0 Å². The van der Waals surface area contributed by atoms with E-state index in [2.05, 4.69) is 10.3 Å². The number of ketones is 1. The highest BCUT2D eigenvalue weighted by atomic mass is 32.1. The van der Waals surface area contributed by atoms with Gasteiger partial charge in [0.2, 0.25) is 0 Å². The summed E-state index contributed by atoms with van der Waals surface area (Å²) in [6.07, 6.45) is 0. The predicted molar refractivity (Wildman–Crippen MR) is 83.1 cm³/mol. The fourth-order valence-corrected chi connectivity index (χ4v) is 2.71. The lowest BCUT2D eigenvalue weighted by atomic mass is 10.2. The zero-order valence-electron chi connectivity index (χ0n) is 11.9. The normalized spacial score (nSPS) is 10.2. The molecule has 110 valence electrons. The molecule has 1 heterocycles. The molecule has 0 radical (unpaired) electrons.